The van der Waals surface area contributed by atoms with E-state index in [2.05, 4.69) is 35.2 Å². The lowest BCUT2D eigenvalue weighted by molar-refractivity contribution is 1.11. The van der Waals surface area contributed by atoms with Gasteiger partial charge >= 0.3 is 0 Å². The molecule has 4 nitrogen and oxygen atoms in total. The molecule has 0 unspecified atom stereocenters. The van der Waals surface area contributed by atoms with Crippen molar-refractivity contribution in [3.05, 3.63) is 32.6 Å². The second-order valence-electron chi connectivity index (χ2n) is 3.74. The number of nitrogens with zero attached hydrogens (tertiary/aromatic N) is 2. The largest absolute Gasteiger partial charge is 0.368 e. The van der Waals surface area contributed by atoms with Crippen LogP contribution in [0.4, 0.5) is 11.8 Å². The van der Waals surface area contributed by atoms with Crippen LogP contribution >= 0.6 is 22.9 Å². The normalized spacial score (nSPS) is 10.5. The second-order valence-corrected chi connectivity index (χ2v) is 5.47. The molecule has 0 atom stereocenters. The van der Waals surface area contributed by atoms with Gasteiger partial charge < -0.3 is 11.1 Å². The average molecular weight is 269 g/mol. The summed E-state index contributed by atoms with van der Waals surface area (Å²) in [5.41, 5.74) is 6.82. The molecular weight excluding hydrogens is 256 g/mol. The van der Waals surface area contributed by atoms with E-state index < -0.39 is 0 Å². The van der Waals surface area contributed by atoms with E-state index in [9.17, 15) is 0 Å². The highest BCUT2D eigenvalue weighted by Gasteiger charge is 2.03. The van der Waals surface area contributed by atoms with E-state index in [1.807, 2.05) is 0 Å². The van der Waals surface area contributed by atoms with E-state index >= 15 is 0 Å². The van der Waals surface area contributed by atoms with Gasteiger partial charge in [-0.05, 0) is 25.5 Å². The molecule has 2 heterocycles. The van der Waals surface area contributed by atoms with E-state index in [4.69, 9.17) is 17.3 Å². The van der Waals surface area contributed by atoms with Gasteiger partial charge in [-0.2, -0.15) is 4.98 Å². The monoisotopic (exact) mass is 268 g/mol. The Balaban J connectivity index is 2.07. The number of hydrogen-bond acceptors (Lipinski definition) is 5. The van der Waals surface area contributed by atoms with Crippen molar-refractivity contribution in [1.29, 1.82) is 0 Å². The SMILES string of the molecule is Cc1cc(CNc2cc(Cl)nc(N)n2)sc1C. The zero-order valence-electron chi connectivity index (χ0n) is 9.62. The highest BCUT2D eigenvalue weighted by atomic mass is 35.5. The van der Waals surface area contributed by atoms with Crippen LogP contribution in [-0.2, 0) is 6.54 Å². The van der Waals surface area contributed by atoms with Gasteiger partial charge in [0.1, 0.15) is 11.0 Å². The van der Waals surface area contributed by atoms with Gasteiger partial charge in [0.25, 0.3) is 0 Å². The molecule has 2 aromatic rings. The molecule has 0 bridgehead atoms. The molecule has 0 fully saturated rings. The molecule has 0 aromatic carbocycles. The Kier molecular flexibility index (Phi) is 3.49. The molecule has 2 aromatic heterocycles. The molecule has 6 heteroatoms. The molecule has 3 N–H and O–H groups in total. The molecule has 0 saturated heterocycles. The van der Waals surface area contributed by atoms with Crippen molar-refractivity contribution in [3.63, 3.8) is 0 Å². The van der Waals surface area contributed by atoms with Crippen LogP contribution in [-0.4, -0.2) is 9.97 Å². The Morgan fingerprint density at radius 1 is 1.35 bits per heavy atom. The first-order chi connectivity index (χ1) is 8.04. The zero-order chi connectivity index (χ0) is 12.4. The number of thiophene rings is 1. The summed E-state index contributed by atoms with van der Waals surface area (Å²) in [6.45, 7) is 4.93. The Labute approximate surface area is 109 Å². The lowest BCUT2D eigenvalue weighted by Gasteiger charge is -2.04. The fourth-order valence-electron chi connectivity index (χ4n) is 1.44. The molecular formula is C11H13ClN4S. The standard InChI is InChI=1S/C11H13ClN4S/c1-6-3-8(17-7(6)2)5-14-10-4-9(12)15-11(13)16-10/h3-4H,5H2,1-2H3,(H3,13,14,15,16). The van der Waals surface area contributed by atoms with Crippen molar-refractivity contribution in [3.8, 4) is 0 Å². The number of hydrogen-bond donors (Lipinski definition) is 2. The number of aromatic nitrogens is 2. The molecule has 0 saturated carbocycles. The summed E-state index contributed by atoms with van der Waals surface area (Å²) in [5, 5.41) is 3.52. The maximum atomic E-state index is 5.79. The first kappa shape index (κ1) is 12.1. The summed E-state index contributed by atoms with van der Waals surface area (Å²) in [4.78, 5) is 10.4. The van der Waals surface area contributed by atoms with Gasteiger partial charge in [-0.15, -0.1) is 11.3 Å². The molecule has 0 aliphatic carbocycles. The summed E-state index contributed by atoms with van der Waals surface area (Å²) in [7, 11) is 0. The first-order valence-corrected chi connectivity index (χ1v) is 6.34. The number of anilines is 2. The number of nitrogens with two attached hydrogens (primary N) is 1. The van der Waals surface area contributed by atoms with Crippen molar-refractivity contribution in [1.82, 2.24) is 9.97 Å². The third-order valence-electron chi connectivity index (χ3n) is 2.37. The molecule has 0 aliphatic heterocycles. The minimum Gasteiger partial charge on any atom is -0.368 e. The van der Waals surface area contributed by atoms with Crippen molar-refractivity contribution in [2.75, 3.05) is 11.1 Å². The van der Waals surface area contributed by atoms with E-state index in [1.165, 1.54) is 15.3 Å². The topological polar surface area (TPSA) is 63.8 Å². The summed E-state index contributed by atoms with van der Waals surface area (Å²) < 4.78 is 0. The van der Waals surface area contributed by atoms with Crippen molar-refractivity contribution in [2.45, 2.75) is 20.4 Å². The zero-order valence-corrected chi connectivity index (χ0v) is 11.2. The van der Waals surface area contributed by atoms with Gasteiger partial charge in [0.05, 0.1) is 6.54 Å². The maximum absolute atomic E-state index is 5.79. The molecule has 0 amide bonds. The average Bonchev–Trinajstić information content (AvgIpc) is 2.54. The van der Waals surface area contributed by atoms with E-state index in [0.29, 0.717) is 17.5 Å². The molecule has 90 valence electrons. The fraction of sp³-hybridized carbons (Fsp3) is 0.273. The fourth-order valence-corrected chi connectivity index (χ4v) is 2.62. The number of nitrogens with one attached hydrogen (secondary N) is 1. The third-order valence-corrected chi connectivity index (χ3v) is 3.72. The Hall–Kier alpha value is -1.33. The van der Waals surface area contributed by atoms with Crippen molar-refractivity contribution >= 4 is 34.7 Å². The second kappa shape index (κ2) is 4.89. The summed E-state index contributed by atoms with van der Waals surface area (Å²) in [6.07, 6.45) is 0. The lowest BCUT2D eigenvalue weighted by atomic mass is 10.3. The van der Waals surface area contributed by atoms with Crippen LogP contribution in [0.1, 0.15) is 15.3 Å². The van der Waals surface area contributed by atoms with Crippen LogP contribution in [0.2, 0.25) is 5.15 Å². The van der Waals surface area contributed by atoms with Gasteiger partial charge in [0, 0.05) is 15.8 Å². The quantitative estimate of drug-likeness (QED) is 0.840. The van der Waals surface area contributed by atoms with Crippen LogP contribution in [0, 0.1) is 13.8 Å². The summed E-state index contributed by atoms with van der Waals surface area (Å²) in [5.74, 6) is 0.824. The summed E-state index contributed by atoms with van der Waals surface area (Å²) in [6, 6.07) is 3.82. The van der Waals surface area contributed by atoms with E-state index in [-0.39, 0.29) is 5.95 Å². The highest BCUT2D eigenvalue weighted by Crippen LogP contribution is 2.21. The Morgan fingerprint density at radius 3 is 2.71 bits per heavy atom. The predicted octanol–water partition coefficient (Wildman–Crippen LogP) is 3.00. The van der Waals surface area contributed by atoms with Crippen LogP contribution in [0.15, 0.2) is 12.1 Å². The molecule has 0 aliphatic rings. The lowest BCUT2D eigenvalue weighted by Crippen LogP contribution is -2.03. The van der Waals surface area contributed by atoms with E-state index in [0.717, 1.165) is 0 Å². The van der Waals surface area contributed by atoms with Crippen molar-refractivity contribution < 1.29 is 0 Å². The van der Waals surface area contributed by atoms with E-state index in [1.54, 1.807) is 17.4 Å². The number of nitrogen functional groups attached to an aromatic ring is 1. The Morgan fingerprint density at radius 2 is 2.12 bits per heavy atom. The van der Waals surface area contributed by atoms with Gasteiger partial charge in [-0.1, -0.05) is 11.6 Å². The molecule has 17 heavy (non-hydrogen) atoms. The number of rotatable bonds is 3. The van der Waals surface area contributed by atoms with Crippen LogP contribution in [0.25, 0.3) is 0 Å². The Bertz CT molecular complexity index is 499. The van der Waals surface area contributed by atoms with Gasteiger partial charge in [0.2, 0.25) is 5.95 Å². The van der Waals surface area contributed by atoms with Crippen molar-refractivity contribution in [2.24, 2.45) is 0 Å². The van der Waals surface area contributed by atoms with Crippen LogP contribution < -0.4 is 11.1 Å². The minimum atomic E-state index is 0.179. The maximum Gasteiger partial charge on any atom is 0.223 e. The van der Waals surface area contributed by atoms with Gasteiger partial charge in [0.15, 0.2) is 0 Å². The smallest absolute Gasteiger partial charge is 0.223 e. The van der Waals surface area contributed by atoms with Gasteiger partial charge in [-0.3, -0.25) is 0 Å². The number of halogens is 1. The predicted molar refractivity (Wildman–Crippen MR) is 72.6 cm³/mol. The van der Waals surface area contributed by atoms with Crippen LogP contribution in [0.5, 0.6) is 0 Å². The summed E-state index contributed by atoms with van der Waals surface area (Å²) >= 11 is 7.56. The minimum absolute atomic E-state index is 0.179. The highest BCUT2D eigenvalue weighted by molar-refractivity contribution is 7.12. The third kappa shape index (κ3) is 3.08. The molecule has 0 spiro atoms. The molecule has 0 radical (unpaired) electrons. The van der Waals surface area contributed by atoms with Crippen LogP contribution in [0.3, 0.4) is 0 Å². The number of aryl methyl sites for hydroxylation is 2. The first-order valence-electron chi connectivity index (χ1n) is 5.14. The molecule has 2 rings (SSSR count). The van der Waals surface area contributed by atoms with Gasteiger partial charge in [-0.25, -0.2) is 4.98 Å².